The lowest BCUT2D eigenvalue weighted by Gasteiger charge is -2.09. The van der Waals surface area contributed by atoms with Gasteiger partial charge in [-0.25, -0.2) is 0 Å². The molecule has 0 spiro atoms. The summed E-state index contributed by atoms with van der Waals surface area (Å²) < 4.78 is 0. The number of carbonyl (C=O) groups is 3. The van der Waals surface area contributed by atoms with Crippen LogP contribution in [0, 0.1) is 0 Å². The summed E-state index contributed by atoms with van der Waals surface area (Å²) in [5.74, 6) is -2.31. The van der Waals surface area contributed by atoms with Gasteiger partial charge < -0.3 is 67.2 Å². The third kappa shape index (κ3) is 50.0. The molecule has 0 aliphatic rings. The third-order valence-corrected chi connectivity index (χ3v) is 8.55. The van der Waals surface area contributed by atoms with Crippen LogP contribution >= 0.6 is 0 Å². The number of hydrogen-bond acceptors (Lipinski definition) is 11. The van der Waals surface area contributed by atoms with Gasteiger partial charge in [0, 0.05) is 18.9 Å². The van der Waals surface area contributed by atoms with E-state index >= 15 is 0 Å². The summed E-state index contributed by atoms with van der Waals surface area (Å²) in [6.45, 7) is 8.19. The van der Waals surface area contributed by atoms with Gasteiger partial charge in [-0.05, 0) is 71.1 Å². The van der Waals surface area contributed by atoms with Gasteiger partial charge in [0.25, 0.3) is 5.91 Å². The van der Waals surface area contributed by atoms with Gasteiger partial charge in [-0.1, -0.05) is 155 Å². The Morgan fingerprint density at radius 1 is 0.524 bits per heavy atom. The van der Waals surface area contributed by atoms with Crippen molar-refractivity contribution in [3.63, 3.8) is 0 Å². The van der Waals surface area contributed by atoms with Gasteiger partial charge in [-0.3, -0.25) is 4.79 Å². The van der Waals surface area contributed by atoms with Crippen LogP contribution in [0.3, 0.4) is 0 Å². The van der Waals surface area contributed by atoms with Gasteiger partial charge in [-0.2, -0.15) is 0 Å². The molecule has 0 aliphatic heterocycles. The smallest absolute Gasteiger partial charge is 0.277 e. The molecular formula is C49H81N3O11. The maximum Gasteiger partial charge on any atom is 0.277 e. The van der Waals surface area contributed by atoms with Crippen LogP contribution in [-0.2, 0) is 14.4 Å². The maximum atomic E-state index is 11.1. The second-order valence-electron chi connectivity index (χ2n) is 14.7. The summed E-state index contributed by atoms with van der Waals surface area (Å²) in [7, 11) is 0. The minimum Gasteiger partial charge on any atom is -0.550 e. The highest BCUT2D eigenvalue weighted by atomic mass is 16.4. The average Bonchev–Trinajstić information content (AvgIpc) is 3.24. The first kappa shape index (κ1) is 62.8. The topological polar surface area (TPSA) is 286 Å². The number of carbonyl (C=O) groups excluding carboxylic acids is 3. The first-order chi connectivity index (χ1) is 30.0. The zero-order valence-corrected chi connectivity index (χ0v) is 38.2. The van der Waals surface area contributed by atoms with Crippen LogP contribution in [0.15, 0.2) is 122 Å². The minimum absolute atomic E-state index is 0.0508. The van der Waals surface area contributed by atoms with E-state index in [1.165, 1.54) is 0 Å². The molecule has 0 aromatic heterocycles. The van der Waals surface area contributed by atoms with E-state index in [4.69, 9.17) is 0 Å². The summed E-state index contributed by atoms with van der Waals surface area (Å²) in [4.78, 5) is 31.6. The lowest BCUT2D eigenvalue weighted by atomic mass is 10.1. The number of aliphatic hydroxyl groups excluding tert-OH is 6. The van der Waals surface area contributed by atoms with Crippen molar-refractivity contribution in [1.82, 2.24) is 5.32 Å². The SMILES string of the molecule is CCCC[C@H](O)\C=C/C=C/C=C/[C@H](O)C/C=C\C=C\[C@H](O)CC.CC[C@@H](O)/C=C/C=C\C[C@@H](O)/C=C/C=C/C=C\[C@@H](O)CCCC(=O)[O-].C[C@H]([NH3+])C(=O)NCCCC[C@H]([NH3+])C(=O)[O-]. The fraction of sp³-hybridized carbons (Fsp3) is 0.531. The molecule has 13 N–H and O–H groups in total. The molecule has 8 atom stereocenters. The molecule has 1 amide bonds. The Hall–Kier alpha value is -4.51. The molecule has 0 saturated heterocycles. The zero-order valence-electron chi connectivity index (χ0n) is 38.2. The number of aliphatic carboxylic acids is 2. The predicted molar refractivity (Wildman–Crippen MR) is 247 cm³/mol. The van der Waals surface area contributed by atoms with Crippen molar-refractivity contribution in [1.29, 1.82) is 0 Å². The number of rotatable bonds is 32. The lowest BCUT2D eigenvalue weighted by molar-refractivity contribution is -0.438. The van der Waals surface area contributed by atoms with E-state index in [1.807, 2.05) is 50.3 Å². The van der Waals surface area contributed by atoms with E-state index in [1.54, 1.807) is 92.0 Å². The van der Waals surface area contributed by atoms with E-state index in [9.17, 15) is 55.2 Å². The molecule has 0 bridgehead atoms. The summed E-state index contributed by atoms with van der Waals surface area (Å²) in [6.07, 6.45) is 40.0. The molecule has 0 unspecified atom stereocenters. The Labute approximate surface area is 376 Å². The highest BCUT2D eigenvalue weighted by molar-refractivity contribution is 5.79. The number of quaternary nitrogens is 2. The monoisotopic (exact) mass is 888 g/mol. The molecular weight excluding hydrogens is 807 g/mol. The van der Waals surface area contributed by atoms with E-state index in [-0.39, 0.29) is 24.5 Å². The van der Waals surface area contributed by atoms with Crippen LogP contribution in [0.5, 0.6) is 0 Å². The van der Waals surface area contributed by atoms with E-state index in [0.717, 1.165) is 25.7 Å². The van der Waals surface area contributed by atoms with Crippen LogP contribution in [-0.4, -0.2) is 104 Å². The van der Waals surface area contributed by atoms with Gasteiger partial charge in [-0.15, -0.1) is 0 Å². The van der Waals surface area contributed by atoms with Gasteiger partial charge in [0.15, 0.2) is 6.04 Å². The lowest BCUT2D eigenvalue weighted by Crippen LogP contribution is -2.68. The summed E-state index contributed by atoms with van der Waals surface area (Å²) in [5.41, 5.74) is 7.02. The van der Waals surface area contributed by atoms with E-state index in [0.29, 0.717) is 57.9 Å². The number of nitrogens with one attached hydrogen (secondary N) is 1. The number of allylic oxidation sites excluding steroid dienone is 12. The van der Waals surface area contributed by atoms with Crippen molar-refractivity contribution < 1.29 is 66.7 Å². The second-order valence-corrected chi connectivity index (χ2v) is 14.7. The molecule has 0 fully saturated rings. The maximum absolute atomic E-state index is 11.1. The average molecular weight is 888 g/mol. The van der Waals surface area contributed by atoms with E-state index in [2.05, 4.69) is 23.7 Å². The van der Waals surface area contributed by atoms with Crippen LogP contribution < -0.4 is 27.0 Å². The molecule has 0 saturated carbocycles. The highest BCUT2D eigenvalue weighted by Gasteiger charge is 2.10. The van der Waals surface area contributed by atoms with Crippen LogP contribution in [0.4, 0.5) is 0 Å². The Kier molecular flexibility index (Phi) is 45.4. The highest BCUT2D eigenvalue weighted by Crippen LogP contribution is 2.04. The molecule has 358 valence electrons. The Morgan fingerprint density at radius 2 is 0.921 bits per heavy atom. The molecule has 0 aliphatic carbocycles. The fourth-order valence-corrected chi connectivity index (χ4v) is 4.51. The number of aliphatic hydroxyl groups is 6. The minimum atomic E-state index is -1.12. The Balaban J connectivity index is -0.000000884. The van der Waals surface area contributed by atoms with Crippen molar-refractivity contribution in [2.24, 2.45) is 0 Å². The number of hydrogen-bond donors (Lipinski definition) is 9. The number of carboxylic acids is 2. The van der Waals surface area contributed by atoms with Crippen molar-refractivity contribution in [3.8, 4) is 0 Å². The van der Waals surface area contributed by atoms with Crippen molar-refractivity contribution in [2.45, 2.75) is 160 Å². The third-order valence-electron chi connectivity index (χ3n) is 8.55. The molecule has 0 radical (unpaired) electrons. The number of unbranched alkanes of at least 4 members (excludes halogenated alkanes) is 2. The van der Waals surface area contributed by atoms with Gasteiger partial charge in [0.1, 0.15) is 6.04 Å². The first-order valence-corrected chi connectivity index (χ1v) is 22.1. The summed E-state index contributed by atoms with van der Waals surface area (Å²) in [5, 5.41) is 80.5. The molecule has 14 heteroatoms. The fourth-order valence-electron chi connectivity index (χ4n) is 4.51. The number of amides is 1. The van der Waals surface area contributed by atoms with E-state index < -0.39 is 48.5 Å². The van der Waals surface area contributed by atoms with Crippen LogP contribution in [0.1, 0.15) is 111 Å². The van der Waals surface area contributed by atoms with Crippen molar-refractivity contribution in [2.75, 3.05) is 6.54 Å². The second kappa shape index (κ2) is 45.5. The number of carboxylic acid groups (broad SMARTS) is 2. The molecule has 0 aromatic rings. The Morgan fingerprint density at radius 3 is 1.30 bits per heavy atom. The summed E-state index contributed by atoms with van der Waals surface area (Å²) in [6, 6.07) is -0.915. The first-order valence-electron chi connectivity index (χ1n) is 22.1. The molecule has 0 rings (SSSR count). The predicted octanol–water partition coefficient (Wildman–Crippen LogP) is 1.67. The van der Waals surface area contributed by atoms with Gasteiger partial charge in [0.05, 0.1) is 42.6 Å². The normalized spacial score (nSPS) is 16.3. The van der Waals surface area contributed by atoms with Crippen molar-refractivity contribution in [3.05, 3.63) is 122 Å². The summed E-state index contributed by atoms with van der Waals surface area (Å²) >= 11 is 0. The molecule has 0 heterocycles. The molecule has 63 heavy (non-hydrogen) atoms. The van der Waals surface area contributed by atoms with Crippen LogP contribution in [0.25, 0.3) is 0 Å². The Bertz CT molecular complexity index is 1450. The standard InChI is InChI=1S/C20H30O5.C20H32O3.C9H19N3O3/c1-2-17(21)11-8-5-9-14-18(22)12-6-3-4-7-13-19(23)15-10-16-20(24)25;1-3-5-13-19(22)15-9-6-7-10-16-20(23)17-12-8-11-14-18(21)4-2;1-6(10)8(13)12-5-3-2-4-7(11)9(14)15/h3-9,11-13,17-19,21-23H,2,10,14-16H2,1H3,(H,24,25);6-12,14-16,18-23H,3-5,13,17H2,1-2H3;6-7H,2-5,10-11H2,1H3,(H,12,13)(H,14,15)/b4-3+,9-5-,11-8+,12-6+,13-7-;7-6+,12-8-,14-11+,15-9-,16-10+;/t17-,18+,19-;18-,19+,20+;6-,7-/m110/s1. The van der Waals surface area contributed by atoms with Gasteiger partial charge in [0.2, 0.25) is 0 Å². The largest absolute Gasteiger partial charge is 0.550 e. The molecule has 14 nitrogen and oxygen atoms in total. The molecule has 0 aromatic carbocycles. The van der Waals surface area contributed by atoms with Crippen molar-refractivity contribution >= 4 is 17.8 Å². The quantitative estimate of drug-likeness (QED) is 0.0346. The van der Waals surface area contributed by atoms with Crippen LogP contribution in [0.2, 0.25) is 0 Å². The van der Waals surface area contributed by atoms with Gasteiger partial charge >= 0.3 is 0 Å². The zero-order chi connectivity index (χ0) is 48.1.